The average molecular weight is 260 g/mol. The molecule has 72 valence electrons. The molecule has 1 heterocycles. The molecule has 14 heavy (non-hydrogen) atoms. The van der Waals surface area contributed by atoms with Crippen LogP contribution in [0, 0.1) is 11.6 Å². The Morgan fingerprint density at radius 1 is 1.29 bits per heavy atom. The summed E-state index contributed by atoms with van der Waals surface area (Å²) in [5, 5.41) is 0.0898. The van der Waals surface area contributed by atoms with Gasteiger partial charge in [0.15, 0.2) is 11.6 Å². The van der Waals surface area contributed by atoms with Crippen molar-refractivity contribution < 1.29 is 8.78 Å². The summed E-state index contributed by atoms with van der Waals surface area (Å²) < 4.78 is 26.6. The summed E-state index contributed by atoms with van der Waals surface area (Å²) in [5.41, 5.74) is -0.639. The van der Waals surface area contributed by atoms with Gasteiger partial charge in [-0.25, -0.2) is 8.78 Å². The maximum Gasteiger partial charge on any atom is 0.258 e. The molecule has 0 aliphatic heterocycles. The smallest absolute Gasteiger partial charge is 0.258 e. The van der Waals surface area contributed by atoms with Crippen LogP contribution in [0.15, 0.2) is 27.6 Å². The molecule has 0 fully saturated rings. The lowest BCUT2D eigenvalue weighted by molar-refractivity contribution is 0.516. The SMILES string of the molecule is O=c1[nH]cc(Br)c2ccc(F)c(F)c12. The maximum atomic E-state index is 13.2. The van der Waals surface area contributed by atoms with Gasteiger partial charge in [0.1, 0.15) is 0 Å². The summed E-state index contributed by atoms with van der Waals surface area (Å²) >= 11 is 3.13. The Hall–Kier alpha value is -1.23. The molecule has 1 aromatic heterocycles. The fourth-order valence-electron chi connectivity index (χ4n) is 1.25. The summed E-state index contributed by atoms with van der Waals surface area (Å²) in [6, 6.07) is 2.34. The topological polar surface area (TPSA) is 32.9 Å². The molecule has 0 radical (unpaired) electrons. The molecule has 0 aliphatic rings. The van der Waals surface area contributed by atoms with E-state index in [1.54, 1.807) is 0 Å². The van der Waals surface area contributed by atoms with E-state index >= 15 is 0 Å². The van der Waals surface area contributed by atoms with Gasteiger partial charge in [-0.05, 0) is 28.1 Å². The highest BCUT2D eigenvalue weighted by Crippen LogP contribution is 2.23. The standard InChI is InChI=1S/C9H4BrF2NO/c10-5-3-13-9(14)7-4(5)1-2-6(11)8(7)12/h1-3H,(H,13,14). The van der Waals surface area contributed by atoms with Gasteiger partial charge in [0.2, 0.25) is 0 Å². The summed E-state index contributed by atoms with van der Waals surface area (Å²) in [5.74, 6) is -2.15. The minimum atomic E-state index is -1.12. The number of halogens is 3. The first kappa shape index (κ1) is 9.33. The highest BCUT2D eigenvalue weighted by atomic mass is 79.9. The lowest BCUT2D eigenvalue weighted by Gasteiger charge is -2.01. The lowest BCUT2D eigenvalue weighted by atomic mass is 10.1. The van der Waals surface area contributed by atoms with Crippen LogP contribution in [0.1, 0.15) is 0 Å². The number of pyridine rings is 1. The van der Waals surface area contributed by atoms with Crippen LogP contribution in [0.25, 0.3) is 10.8 Å². The van der Waals surface area contributed by atoms with Gasteiger partial charge in [-0.3, -0.25) is 4.79 Å². The zero-order valence-corrected chi connectivity index (χ0v) is 8.36. The Balaban J connectivity index is 3.09. The Morgan fingerprint density at radius 3 is 2.71 bits per heavy atom. The summed E-state index contributed by atoms with van der Waals surface area (Å²) in [7, 11) is 0. The van der Waals surface area contributed by atoms with E-state index in [1.807, 2.05) is 0 Å². The van der Waals surface area contributed by atoms with Gasteiger partial charge in [-0.1, -0.05) is 0 Å². The molecule has 2 nitrogen and oxygen atoms in total. The molecular weight excluding hydrogens is 256 g/mol. The summed E-state index contributed by atoms with van der Waals surface area (Å²) in [4.78, 5) is 13.5. The van der Waals surface area contributed by atoms with Crippen LogP contribution in [0.5, 0.6) is 0 Å². The monoisotopic (exact) mass is 259 g/mol. The van der Waals surface area contributed by atoms with E-state index in [0.29, 0.717) is 9.86 Å². The fraction of sp³-hybridized carbons (Fsp3) is 0. The van der Waals surface area contributed by atoms with Crippen LogP contribution in [-0.2, 0) is 0 Å². The second-order valence-corrected chi connectivity index (χ2v) is 3.60. The number of fused-ring (bicyclic) bond motifs is 1. The third-order valence-electron chi connectivity index (χ3n) is 1.91. The zero-order valence-electron chi connectivity index (χ0n) is 6.77. The number of aromatic amines is 1. The Labute approximate surface area is 85.7 Å². The van der Waals surface area contributed by atoms with Crippen LogP contribution < -0.4 is 5.56 Å². The van der Waals surface area contributed by atoms with Crippen LogP contribution in [0.3, 0.4) is 0 Å². The molecule has 1 aromatic carbocycles. The molecule has 0 bridgehead atoms. The predicted molar refractivity (Wildman–Crippen MR) is 52.2 cm³/mol. The van der Waals surface area contributed by atoms with Gasteiger partial charge in [-0.2, -0.15) is 0 Å². The van der Waals surface area contributed by atoms with Gasteiger partial charge in [0.25, 0.3) is 5.56 Å². The molecule has 2 rings (SSSR count). The molecule has 0 amide bonds. The molecule has 0 spiro atoms. The molecule has 2 aromatic rings. The zero-order chi connectivity index (χ0) is 10.3. The number of hydrogen-bond acceptors (Lipinski definition) is 1. The van der Waals surface area contributed by atoms with Crippen LogP contribution in [0.2, 0.25) is 0 Å². The van der Waals surface area contributed by atoms with Crippen molar-refractivity contribution in [3.05, 3.63) is 44.8 Å². The highest BCUT2D eigenvalue weighted by Gasteiger charge is 2.11. The molecule has 0 saturated carbocycles. The Bertz CT molecular complexity index is 564. The molecular formula is C9H4BrF2NO. The van der Waals surface area contributed by atoms with E-state index in [-0.39, 0.29) is 5.39 Å². The fourth-order valence-corrected chi connectivity index (χ4v) is 1.70. The van der Waals surface area contributed by atoms with E-state index in [2.05, 4.69) is 20.9 Å². The third-order valence-corrected chi connectivity index (χ3v) is 2.57. The van der Waals surface area contributed by atoms with Crippen LogP contribution >= 0.6 is 15.9 Å². The number of aromatic nitrogens is 1. The molecule has 0 saturated heterocycles. The van der Waals surface area contributed by atoms with E-state index < -0.39 is 17.2 Å². The predicted octanol–water partition coefficient (Wildman–Crippen LogP) is 2.57. The lowest BCUT2D eigenvalue weighted by Crippen LogP contribution is -2.08. The average Bonchev–Trinajstić information content (AvgIpc) is 2.16. The first-order valence-corrected chi connectivity index (χ1v) is 4.55. The number of nitrogens with one attached hydrogen (secondary N) is 1. The Morgan fingerprint density at radius 2 is 2.00 bits per heavy atom. The van der Waals surface area contributed by atoms with Crippen molar-refractivity contribution in [2.75, 3.05) is 0 Å². The first-order chi connectivity index (χ1) is 6.61. The molecule has 5 heteroatoms. The quantitative estimate of drug-likeness (QED) is 0.775. The van der Waals surface area contributed by atoms with Crippen molar-refractivity contribution in [3.8, 4) is 0 Å². The van der Waals surface area contributed by atoms with E-state index in [0.717, 1.165) is 6.07 Å². The van der Waals surface area contributed by atoms with E-state index in [9.17, 15) is 13.6 Å². The minimum absolute atomic E-state index is 0.264. The van der Waals surface area contributed by atoms with E-state index in [4.69, 9.17) is 0 Å². The van der Waals surface area contributed by atoms with Crippen molar-refractivity contribution in [1.29, 1.82) is 0 Å². The van der Waals surface area contributed by atoms with Crippen molar-refractivity contribution in [3.63, 3.8) is 0 Å². The number of hydrogen-bond donors (Lipinski definition) is 1. The normalized spacial score (nSPS) is 10.8. The van der Waals surface area contributed by atoms with E-state index in [1.165, 1.54) is 12.3 Å². The summed E-state index contributed by atoms with van der Waals surface area (Å²) in [6.07, 6.45) is 1.39. The van der Waals surface area contributed by atoms with Crippen molar-refractivity contribution >= 4 is 26.7 Å². The molecule has 0 unspecified atom stereocenters. The second kappa shape index (κ2) is 3.16. The first-order valence-electron chi connectivity index (χ1n) is 3.76. The van der Waals surface area contributed by atoms with Crippen LogP contribution in [0.4, 0.5) is 8.78 Å². The number of benzene rings is 1. The maximum absolute atomic E-state index is 13.2. The molecule has 0 atom stereocenters. The molecule has 0 aliphatic carbocycles. The van der Waals surface area contributed by atoms with Gasteiger partial charge in [0.05, 0.1) is 5.39 Å². The summed E-state index contributed by atoms with van der Waals surface area (Å²) in [6.45, 7) is 0. The second-order valence-electron chi connectivity index (χ2n) is 2.75. The van der Waals surface area contributed by atoms with Gasteiger partial charge in [-0.15, -0.1) is 0 Å². The van der Waals surface area contributed by atoms with Gasteiger partial charge < -0.3 is 4.98 Å². The largest absolute Gasteiger partial charge is 0.327 e. The minimum Gasteiger partial charge on any atom is -0.327 e. The van der Waals surface area contributed by atoms with Gasteiger partial charge in [0, 0.05) is 16.1 Å². The van der Waals surface area contributed by atoms with Crippen molar-refractivity contribution in [2.45, 2.75) is 0 Å². The van der Waals surface area contributed by atoms with Crippen LogP contribution in [-0.4, -0.2) is 4.98 Å². The molecule has 1 N–H and O–H groups in total. The Kier molecular flexibility index (Phi) is 2.11. The van der Waals surface area contributed by atoms with Gasteiger partial charge >= 0.3 is 0 Å². The highest BCUT2D eigenvalue weighted by molar-refractivity contribution is 9.10. The number of rotatable bonds is 0. The van der Waals surface area contributed by atoms with Crippen molar-refractivity contribution in [2.24, 2.45) is 0 Å². The number of H-pyrrole nitrogens is 1. The van der Waals surface area contributed by atoms with Crippen molar-refractivity contribution in [1.82, 2.24) is 4.98 Å². The third kappa shape index (κ3) is 1.24.